The van der Waals surface area contributed by atoms with E-state index in [4.69, 9.17) is 0 Å². The van der Waals surface area contributed by atoms with Gasteiger partial charge in [-0.3, -0.25) is 0 Å². The van der Waals surface area contributed by atoms with Gasteiger partial charge < -0.3 is 9.47 Å². The van der Waals surface area contributed by atoms with Crippen molar-refractivity contribution in [3.05, 3.63) is 301 Å². The van der Waals surface area contributed by atoms with Gasteiger partial charge in [-0.05, 0) is 154 Å². The molecule has 75 heavy (non-hydrogen) atoms. The van der Waals surface area contributed by atoms with Crippen LogP contribution in [0.25, 0.3) is 104 Å². The number of para-hydroxylation sites is 2. The van der Waals surface area contributed by atoms with Crippen LogP contribution in [0.2, 0.25) is 0 Å². The molecule has 0 unspecified atom stereocenters. The van der Waals surface area contributed by atoms with Crippen molar-refractivity contribution >= 4 is 71.2 Å². The van der Waals surface area contributed by atoms with Crippen LogP contribution in [0.15, 0.2) is 279 Å². The van der Waals surface area contributed by atoms with Gasteiger partial charge in [0.15, 0.2) is 0 Å². The lowest BCUT2D eigenvalue weighted by Crippen LogP contribution is -2.26. The van der Waals surface area contributed by atoms with Crippen LogP contribution in [-0.2, 0) is 5.41 Å². The van der Waals surface area contributed by atoms with Crippen molar-refractivity contribution in [2.24, 2.45) is 0 Å². The van der Waals surface area contributed by atoms with E-state index in [0.717, 1.165) is 39.4 Å². The van der Waals surface area contributed by atoms with Crippen molar-refractivity contribution < 1.29 is 0 Å². The van der Waals surface area contributed by atoms with Crippen LogP contribution in [0, 0.1) is 0 Å². The SMILES string of the molecule is c1ccc(-c2cccc(-c3cc4c(cc3N(c3ccc5c6ccccc6c6ccccc6c5c3)c3cccc5c3c3ccccc3n5-c3ccccc3)C3(c5ccccc5-c5ccccc53)c3ccccc3-4)c2)cc1. The maximum absolute atomic E-state index is 2.61. The van der Waals surface area contributed by atoms with Crippen molar-refractivity contribution in [3.8, 4) is 50.2 Å². The highest BCUT2D eigenvalue weighted by molar-refractivity contribution is 6.26. The molecule has 0 bridgehead atoms. The summed E-state index contributed by atoms with van der Waals surface area (Å²) in [5.74, 6) is 0. The molecule has 0 N–H and O–H groups in total. The molecule has 2 aliphatic rings. The second-order valence-corrected chi connectivity index (χ2v) is 20.3. The molecule has 0 aliphatic heterocycles. The Kier molecular flexibility index (Phi) is 8.99. The predicted octanol–water partition coefficient (Wildman–Crippen LogP) is 19.4. The fourth-order valence-corrected chi connectivity index (χ4v) is 13.5. The van der Waals surface area contributed by atoms with E-state index in [0.29, 0.717) is 0 Å². The van der Waals surface area contributed by atoms with Crippen LogP contribution in [-0.4, -0.2) is 4.57 Å². The van der Waals surface area contributed by atoms with E-state index >= 15 is 0 Å². The Morgan fingerprint density at radius 1 is 0.267 bits per heavy atom. The topological polar surface area (TPSA) is 8.17 Å². The molecule has 14 aromatic rings. The van der Waals surface area contributed by atoms with E-state index < -0.39 is 5.41 Å². The van der Waals surface area contributed by atoms with E-state index in [1.807, 2.05) is 0 Å². The van der Waals surface area contributed by atoms with Gasteiger partial charge in [0.1, 0.15) is 0 Å². The monoisotopic (exact) mass is 950 g/mol. The van der Waals surface area contributed by atoms with Gasteiger partial charge in [-0.1, -0.05) is 218 Å². The number of nitrogens with zero attached hydrogens (tertiary/aromatic N) is 2. The Morgan fingerprint density at radius 2 is 0.760 bits per heavy atom. The molecule has 1 heterocycles. The first-order valence-electron chi connectivity index (χ1n) is 26.1. The van der Waals surface area contributed by atoms with Gasteiger partial charge in [0, 0.05) is 27.7 Å². The number of fused-ring (bicyclic) bond motifs is 19. The Hall–Kier alpha value is -9.76. The van der Waals surface area contributed by atoms with Gasteiger partial charge in [0.05, 0.1) is 27.8 Å². The summed E-state index contributed by atoms with van der Waals surface area (Å²) in [6.45, 7) is 0. The summed E-state index contributed by atoms with van der Waals surface area (Å²) in [6.07, 6.45) is 0. The Labute approximate surface area is 435 Å². The fraction of sp³-hybridized carbons (Fsp3) is 0.0137. The highest BCUT2D eigenvalue weighted by atomic mass is 15.2. The minimum Gasteiger partial charge on any atom is -0.309 e. The second-order valence-electron chi connectivity index (χ2n) is 20.3. The number of aromatic nitrogens is 1. The average molecular weight is 951 g/mol. The molecule has 0 fully saturated rings. The van der Waals surface area contributed by atoms with Crippen LogP contribution >= 0.6 is 0 Å². The zero-order valence-corrected chi connectivity index (χ0v) is 41.0. The van der Waals surface area contributed by atoms with Crippen molar-refractivity contribution in [1.29, 1.82) is 0 Å². The quantitative estimate of drug-likeness (QED) is 0.151. The Balaban J connectivity index is 1.08. The van der Waals surface area contributed by atoms with Crippen LogP contribution < -0.4 is 4.90 Å². The zero-order chi connectivity index (χ0) is 49.2. The maximum Gasteiger partial charge on any atom is 0.0726 e. The molecule has 0 atom stereocenters. The molecule has 16 rings (SSSR count). The largest absolute Gasteiger partial charge is 0.309 e. The number of rotatable bonds is 6. The third-order valence-electron chi connectivity index (χ3n) is 16.6. The van der Waals surface area contributed by atoms with E-state index in [-0.39, 0.29) is 0 Å². The number of hydrogen-bond donors (Lipinski definition) is 0. The predicted molar refractivity (Wildman–Crippen MR) is 315 cm³/mol. The smallest absolute Gasteiger partial charge is 0.0726 e. The molecule has 0 amide bonds. The fourth-order valence-electron chi connectivity index (χ4n) is 13.5. The summed E-state index contributed by atoms with van der Waals surface area (Å²) in [4.78, 5) is 2.61. The zero-order valence-electron chi connectivity index (χ0n) is 41.0. The van der Waals surface area contributed by atoms with Crippen molar-refractivity contribution in [2.75, 3.05) is 4.90 Å². The molecule has 0 radical (unpaired) electrons. The van der Waals surface area contributed by atoms with Crippen molar-refractivity contribution in [1.82, 2.24) is 4.57 Å². The maximum atomic E-state index is 2.61. The normalized spacial score (nSPS) is 12.9. The molecular weight excluding hydrogens is 905 g/mol. The van der Waals surface area contributed by atoms with E-state index in [1.54, 1.807) is 0 Å². The molecular formula is C73H46N2. The minimum absolute atomic E-state index is 0.558. The van der Waals surface area contributed by atoms with Gasteiger partial charge in [-0.2, -0.15) is 0 Å². The lowest BCUT2D eigenvalue weighted by molar-refractivity contribution is 0.794. The molecule has 2 heteroatoms. The molecule has 2 nitrogen and oxygen atoms in total. The van der Waals surface area contributed by atoms with E-state index in [2.05, 4.69) is 289 Å². The van der Waals surface area contributed by atoms with Gasteiger partial charge in [-0.25, -0.2) is 0 Å². The molecule has 13 aromatic carbocycles. The summed E-state index contributed by atoms with van der Waals surface area (Å²) in [5, 5.41) is 9.88. The number of benzene rings is 13. The lowest BCUT2D eigenvalue weighted by Gasteiger charge is -2.34. The summed E-state index contributed by atoms with van der Waals surface area (Å²) >= 11 is 0. The first-order valence-corrected chi connectivity index (χ1v) is 26.1. The highest BCUT2D eigenvalue weighted by Gasteiger charge is 2.52. The summed E-state index contributed by atoms with van der Waals surface area (Å²) in [6, 6.07) is 104. The molecule has 0 saturated carbocycles. The van der Waals surface area contributed by atoms with Crippen LogP contribution in [0.3, 0.4) is 0 Å². The standard InChI is InChI=1S/C73H46N2/c1-3-21-47(22-4-1)48-23-19-24-49(43-48)61-45-63-59-33-13-17-37-66(59)73(64-35-15-11-31-57(64)58-32-12-16-36-65(58)73)67(63)46-71(61)75(51-41-42-56-54-29-8-7-27-52(54)53-28-9-10-30-55(53)62(56)44-51)70-40-20-39-69-72(70)60-34-14-18-38-68(60)74(69)50-25-5-2-6-26-50/h1-46H. The van der Waals surface area contributed by atoms with Crippen LogP contribution in [0.4, 0.5) is 17.1 Å². The molecule has 2 aliphatic carbocycles. The summed E-state index contributed by atoms with van der Waals surface area (Å²) < 4.78 is 2.44. The number of hydrogen-bond acceptors (Lipinski definition) is 1. The van der Waals surface area contributed by atoms with Gasteiger partial charge in [-0.15, -0.1) is 0 Å². The van der Waals surface area contributed by atoms with E-state index in [1.165, 1.54) is 104 Å². The average Bonchev–Trinajstić information content (AvgIpc) is 4.10. The Bertz CT molecular complexity index is 4580. The van der Waals surface area contributed by atoms with Crippen molar-refractivity contribution in [2.45, 2.75) is 5.41 Å². The number of anilines is 3. The first kappa shape index (κ1) is 41.8. The van der Waals surface area contributed by atoms with E-state index in [9.17, 15) is 0 Å². The van der Waals surface area contributed by atoms with Crippen LogP contribution in [0.1, 0.15) is 22.3 Å². The lowest BCUT2D eigenvalue weighted by atomic mass is 9.70. The molecule has 1 aromatic heterocycles. The van der Waals surface area contributed by atoms with Gasteiger partial charge in [0.25, 0.3) is 0 Å². The molecule has 1 spiro atoms. The summed E-state index contributed by atoms with van der Waals surface area (Å²) in [7, 11) is 0. The second kappa shape index (κ2) is 16.1. The Morgan fingerprint density at radius 3 is 1.43 bits per heavy atom. The van der Waals surface area contributed by atoms with Crippen LogP contribution in [0.5, 0.6) is 0 Å². The molecule has 0 saturated heterocycles. The highest BCUT2D eigenvalue weighted by Crippen LogP contribution is 2.64. The van der Waals surface area contributed by atoms with Gasteiger partial charge >= 0.3 is 0 Å². The van der Waals surface area contributed by atoms with Gasteiger partial charge in [0.2, 0.25) is 0 Å². The summed E-state index contributed by atoms with van der Waals surface area (Å²) in [5.41, 5.74) is 21.3. The van der Waals surface area contributed by atoms with Crippen molar-refractivity contribution in [3.63, 3.8) is 0 Å². The first-order chi connectivity index (χ1) is 37.2. The molecule has 348 valence electrons. The third kappa shape index (κ3) is 5.91. The third-order valence-corrected chi connectivity index (χ3v) is 16.6. The minimum atomic E-state index is -0.558.